The molecule has 0 atom stereocenters. The lowest BCUT2D eigenvalue weighted by molar-refractivity contribution is 0.821. The molecule has 0 aromatic carbocycles. The first-order valence-electron chi connectivity index (χ1n) is 6.56. The first kappa shape index (κ1) is 14.8. The van der Waals surface area contributed by atoms with Gasteiger partial charge in [0.25, 0.3) is 5.56 Å². The normalized spacial score (nSPS) is 11.0. The fourth-order valence-electron chi connectivity index (χ4n) is 1.98. The lowest BCUT2D eigenvalue weighted by atomic mass is 10.3. The van der Waals surface area contributed by atoms with Gasteiger partial charge in [-0.2, -0.15) is 0 Å². The summed E-state index contributed by atoms with van der Waals surface area (Å²) in [4.78, 5) is 30.3. The van der Waals surface area contributed by atoms with E-state index in [1.165, 1.54) is 4.57 Å². The minimum Gasteiger partial charge on any atom is -0.330 e. The van der Waals surface area contributed by atoms with E-state index in [-0.39, 0.29) is 0 Å². The number of nitrogens with one attached hydrogen (secondary N) is 1. The van der Waals surface area contributed by atoms with Crippen LogP contribution in [0.2, 0.25) is 0 Å². The molecule has 0 amide bonds. The van der Waals surface area contributed by atoms with Gasteiger partial charge in [-0.1, -0.05) is 12.0 Å². The Morgan fingerprint density at radius 3 is 2.86 bits per heavy atom. The Balaban J connectivity index is 2.74. The van der Waals surface area contributed by atoms with Crippen LogP contribution in [-0.2, 0) is 13.6 Å². The van der Waals surface area contributed by atoms with Crippen LogP contribution in [0.3, 0.4) is 0 Å². The van der Waals surface area contributed by atoms with Gasteiger partial charge in [0.2, 0.25) is 0 Å². The topological polar surface area (TPSA) is 98.7 Å². The molecular formula is C14H17N5O2. The van der Waals surface area contributed by atoms with Gasteiger partial charge in [-0.05, 0) is 26.0 Å². The van der Waals surface area contributed by atoms with Gasteiger partial charge in [0.1, 0.15) is 5.82 Å². The highest BCUT2D eigenvalue weighted by Gasteiger charge is 2.14. The van der Waals surface area contributed by atoms with E-state index in [4.69, 9.17) is 5.73 Å². The highest BCUT2D eigenvalue weighted by molar-refractivity contribution is 5.73. The lowest BCUT2D eigenvalue weighted by Crippen LogP contribution is -2.29. The third-order valence-corrected chi connectivity index (χ3v) is 3.05. The third-order valence-electron chi connectivity index (χ3n) is 3.05. The van der Waals surface area contributed by atoms with Gasteiger partial charge in [0, 0.05) is 7.05 Å². The number of aromatic amines is 1. The average Bonchev–Trinajstić information content (AvgIpc) is 2.82. The van der Waals surface area contributed by atoms with Crippen molar-refractivity contribution in [2.24, 2.45) is 12.8 Å². The molecule has 0 aliphatic carbocycles. The zero-order valence-corrected chi connectivity index (χ0v) is 12.0. The van der Waals surface area contributed by atoms with Crippen molar-refractivity contribution >= 4 is 17.2 Å². The van der Waals surface area contributed by atoms with Gasteiger partial charge >= 0.3 is 5.69 Å². The molecule has 2 heterocycles. The van der Waals surface area contributed by atoms with Gasteiger partial charge in [-0.15, -0.1) is 5.92 Å². The molecule has 21 heavy (non-hydrogen) atoms. The Morgan fingerprint density at radius 2 is 2.19 bits per heavy atom. The van der Waals surface area contributed by atoms with Crippen molar-refractivity contribution in [1.29, 1.82) is 0 Å². The molecule has 0 saturated carbocycles. The molecule has 7 heteroatoms. The summed E-state index contributed by atoms with van der Waals surface area (Å²) < 4.78 is 3.00. The minimum atomic E-state index is -0.490. The van der Waals surface area contributed by atoms with Crippen LogP contribution in [-0.4, -0.2) is 25.6 Å². The highest BCUT2D eigenvalue weighted by Crippen LogP contribution is 2.12. The van der Waals surface area contributed by atoms with Gasteiger partial charge in [-0.3, -0.25) is 14.3 Å². The highest BCUT2D eigenvalue weighted by atomic mass is 16.2. The van der Waals surface area contributed by atoms with Crippen molar-refractivity contribution in [3.63, 3.8) is 0 Å². The quantitative estimate of drug-likeness (QED) is 0.761. The molecule has 0 bridgehead atoms. The van der Waals surface area contributed by atoms with Crippen LogP contribution in [0.5, 0.6) is 0 Å². The van der Waals surface area contributed by atoms with E-state index in [0.717, 1.165) is 0 Å². The molecule has 2 aromatic heterocycles. The summed E-state index contributed by atoms with van der Waals surface area (Å²) in [6, 6.07) is 0. The molecule has 110 valence electrons. The van der Waals surface area contributed by atoms with E-state index in [1.54, 1.807) is 24.6 Å². The van der Waals surface area contributed by atoms with Crippen LogP contribution < -0.4 is 17.0 Å². The summed E-state index contributed by atoms with van der Waals surface area (Å²) in [5, 5.41) is 0. The summed E-state index contributed by atoms with van der Waals surface area (Å²) >= 11 is 0. The van der Waals surface area contributed by atoms with E-state index >= 15 is 0 Å². The molecule has 3 N–H and O–H groups in total. The molecule has 2 aromatic rings. The number of aryl methyl sites for hydroxylation is 1. The van der Waals surface area contributed by atoms with Gasteiger partial charge in [0.05, 0.1) is 6.54 Å². The Labute approximate surface area is 121 Å². The van der Waals surface area contributed by atoms with Crippen molar-refractivity contribution in [2.75, 3.05) is 6.54 Å². The Morgan fingerprint density at radius 1 is 1.43 bits per heavy atom. The number of aromatic nitrogens is 4. The predicted molar refractivity (Wildman–Crippen MR) is 81.8 cm³/mol. The van der Waals surface area contributed by atoms with Crippen molar-refractivity contribution in [1.82, 2.24) is 19.1 Å². The van der Waals surface area contributed by atoms with Crippen LogP contribution in [0, 0.1) is 11.8 Å². The Kier molecular flexibility index (Phi) is 4.40. The number of H-pyrrole nitrogens is 1. The molecule has 0 spiro atoms. The summed E-state index contributed by atoms with van der Waals surface area (Å²) in [5.74, 6) is 6.27. The largest absolute Gasteiger partial charge is 0.330 e. The molecule has 0 radical (unpaired) electrons. The van der Waals surface area contributed by atoms with Crippen LogP contribution in [0.15, 0.2) is 15.7 Å². The van der Waals surface area contributed by atoms with E-state index in [2.05, 4.69) is 21.8 Å². The first-order valence-corrected chi connectivity index (χ1v) is 6.56. The second-order valence-corrected chi connectivity index (χ2v) is 4.45. The number of hydrogen-bond donors (Lipinski definition) is 2. The summed E-state index contributed by atoms with van der Waals surface area (Å²) in [5.41, 5.74) is 5.18. The van der Waals surface area contributed by atoms with E-state index < -0.39 is 11.2 Å². The SMILES string of the molecule is CC#CCn1c(C=CCCN)nc2c1c(=O)[nH]c(=O)n2C. The van der Waals surface area contributed by atoms with E-state index in [9.17, 15) is 9.59 Å². The van der Waals surface area contributed by atoms with Crippen molar-refractivity contribution in [3.8, 4) is 11.8 Å². The molecule has 0 aliphatic heterocycles. The van der Waals surface area contributed by atoms with Crippen molar-refractivity contribution in [2.45, 2.75) is 19.9 Å². The molecular weight excluding hydrogens is 270 g/mol. The van der Waals surface area contributed by atoms with Crippen LogP contribution in [0.4, 0.5) is 0 Å². The zero-order chi connectivity index (χ0) is 15.4. The number of nitrogens with two attached hydrogens (primary N) is 1. The maximum atomic E-state index is 12.1. The number of rotatable bonds is 4. The van der Waals surface area contributed by atoms with Crippen LogP contribution in [0.25, 0.3) is 17.2 Å². The fourth-order valence-corrected chi connectivity index (χ4v) is 1.98. The van der Waals surface area contributed by atoms with Crippen LogP contribution in [0.1, 0.15) is 19.2 Å². The molecule has 0 unspecified atom stereocenters. The van der Waals surface area contributed by atoms with Gasteiger partial charge < -0.3 is 10.3 Å². The Bertz CT molecular complexity index is 858. The Hall–Kier alpha value is -2.59. The maximum Gasteiger partial charge on any atom is 0.329 e. The zero-order valence-electron chi connectivity index (χ0n) is 12.0. The summed E-state index contributed by atoms with van der Waals surface area (Å²) in [6.45, 7) is 2.59. The average molecular weight is 287 g/mol. The smallest absolute Gasteiger partial charge is 0.329 e. The number of fused-ring (bicyclic) bond motifs is 1. The molecule has 7 nitrogen and oxygen atoms in total. The fraction of sp³-hybridized carbons (Fsp3) is 0.357. The van der Waals surface area contributed by atoms with Gasteiger partial charge in [-0.25, -0.2) is 9.78 Å². The third kappa shape index (κ3) is 2.80. The van der Waals surface area contributed by atoms with Crippen LogP contribution >= 0.6 is 0 Å². The second-order valence-electron chi connectivity index (χ2n) is 4.45. The first-order chi connectivity index (χ1) is 10.1. The van der Waals surface area contributed by atoms with Gasteiger partial charge in [0.15, 0.2) is 11.2 Å². The number of nitrogens with zero attached hydrogens (tertiary/aromatic N) is 3. The standard InChI is InChI=1S/C14H17N5O2/c1-3-4-9-19-10(7-5-6-8-15)16-12-11(19)13(20)17-14(21)18(12)2/h5,7H,6,8-9,15H2,1-2H3,(H,17,20,21). The molecule has 0 saturated heterocycles. The van der Waals surface area contributed by atoms with E-state index in [0.29, 0.717) is 36.5 Å². The molecule has 0 fully saturated rings. The maximum absolute atomic E-state index is 12.1. The predicted octanol–water partition coefficient (Wildman–Crippen LogP) is -0.191. The second kappa shape index (κ2) is 6.24. The summed E-state index contributed by atoms with van der Waals surface area (Å²) in [6.07, 6.45) is 4.37. The minimum absolute atomic E-state index is 0.330. The monoisotopic (exact) mass is 287 g/mol. The van der Waals surface area contributed by atoms with E-state index in [1.807, 2.05) is 6.08 Å². The summed E-state index contributed by atoms with van der Waals surface area (Å²) in [7, 11) is 1.57. The lowest BCUT2D eigenvalue weighted by Gasteiger charge is -2.01. The molecule has 2 rings (SSSR count). The number of hydrogen-bond acceptors (Lipinski definition) is 4. The number of imidazole rings is 1. The van der Waals surface area contributed by atoms with Crippen molar-refractivity contribution < 1.29 is 0 Å². The molecule has 0 aliphatic rings. The van der Waals surface area contributed by atoms with Crippen molar-refractivity contribution in [3.05, 3.63) is 32.7 Å².